The summed E-state index contributed by atoms with van der Waals surface area (Å²) < 4.78 is 16.1. The van der Waals surface area contributed by atoms with Gasteiger partial charge in [0.05, 0.1) is 31.4 Å². The lowest BCUT2D eigenvalue weighted by molar-refractivity contribution is 0.0780. The van der Waals surface area contributed by atoms with Gasteiger partial charge < -0.3 is 24.2 Å². The first-order valence-electron chi connectivity index (χ1n) is 10.0. The third kappa shape index (κ3) is 4.71. The van der Waals surface area contributed by atoms with E-state index in [0.29, 0.717) is 52.4 Å². The molecule has 8 heteroatoms. The second-order valence-corrected chi connectivity index (χ2v) is 8.44. The van der Waals surface area contributed by atoms with Gasteiger partial charge in [-0.25, -0.2) is 0 Å². The Balaban J connectivity index is 1.92. The molecule has 2 aromatic carbocycles. The van der Waals surface area contributed by atoms with Crippen molar-refractivity contribution in [2.45, 2.75) is 24.7 Å². The largest absolute Gasteiger partial charge is 0.493 e. The zero-order valence-corrected chi connectivity index (χ0v) is 19.4. The number of carbonyl (C=O) groups excluding carboxylic acids is 1. The molecule has 6 nitrogen and oxygen atoms in total. The Hall–Kier alpha value is -2.15. The predicted molar refractivity (Wildman–Crippen MR) is 121 cm³/mol. The van der Waals surface area contributed by atoms with E-state index < -0.39 is 0 Å². The predicted octanol–water partition coefficient (Wildman–Crippen LogP) is 4.58. The molecule has 1 saturated heterocycles. The van der Waals surface area contributed by atoms with Gasteiger partial charge in [0.1, 0.15) is 0 Å². The molecule has 1 N–H and O–H groups in total. The van der Waals surface area contributed by atoms with E-state index in [2.05, 4.69) is 0 Å². The Morgan fingerprint density at radius 1 is 1.06 bits per heavy atom. The number of benzene rings is 2. The number of halogens is 2. The molecular weight excluding hydrogens is 441 g/mol. The number of likely N-dealkylation sites (tertiary alicyclic amines) is 1. The van der Waals surface area contributed by atoms with E-state index in [9.17, 15) is 9.90 Å². The van der Waals surface area contributed by atoms with Crippen LogP contribution in [0.2, 0.25) is 10.0 Å². The second kappa shape index (κ2) is 9.98. The number of rotatable bonds is 8. The molecule has 1 fully saturated rings. The van der Waals surface area contributed by atoms with E-state index in [-0.39, 0.29) is 17.9 Å². The van der Waals surface area contributed by atoms with Crippen LogP contribution in [0.3, 0.4) is 0 Å². The first-order valence-corrected chi connectivity index (χ1v) is 10.8. The molecule has 0 radical (unpaired) electrons. The summed E-state index contributed by atoms with van der Waals surface area (Å²) in [6.45, 7) is 1.19. The Bertz CT molecular complexity index is 927. The molecule has 1 aliphatic heterocycles. The molecule has 2 aromatic rings. The fourth-order valence-corrected chi connectivity index (χ4v) is 4.56. The minimum Gasteiger partial charge on any atom is -0.493 e. The quantitative estimate of drug-likeness (QED) is 0.615. The summed E-state index contributed by atoms with van der Waals surface area (Å²) in [4.78, 5) is 15.2. The van der Waals surface area contributed by atoms with E-state index in [0.717, 1.165) is 18.4 Å². The average molecular weight is 468 g/mol. The number of carbonyl (C=O) groups is 1. The molecular formula is C23H27Cl2NO5. The van der Waals surface area contributed by atoms with Crippen LogP contribution in [0.4, 0.5) is 0 Å². The van der Waals surface area contributed by atoms with Crippen molar-refractivity contribution in [2.24, 2.45) is 0 Å². The van der Waals surface area contributed by atoms with Crippen LogP contribution in [0, 0.1) is 0 Å². The molecule has 0 aromatic heterocycles. The molecule has 3 rings (SSSR count). The summed E-state index contributed by atoms with van der Waals surface area (Å²) in [5, 5.41) is 10.4. The molecule has 1 heterocycles. The number of hydrogen-bond acceptors (Lipinski definition) is 5. The van der Waals surface area contributed by atoms with E-state index in [4.69, 9.17) is 37.4 Å². The lowest BCUT2D eigenvalue weighted by Gasteiger charge is -2.30. The Kier molecular flexibility index (Phi) is 7.57. The molecule has 31 heavy (non-hydrogen) atoms. The van der Waals surface area contributed by atoms with E-state index in [1.165, 1.54) is 21.3 Å². The van der Waals surface area contributed by atoms with Gasteiger partial charge in [0.2, 0.25) is 5.75 Å². The van der Waals surface area contributed by atoms with Gasteiger partial charge in [-0.2, -0.15) is 0 Å². The highest BCUT2D eigenvalue weighted by Gasteiger charge is 2.41. The summed E-state index contributed by atoms with van der Waals surface area (Å²) in [6.07, 6.45) is 2.13. The first kappa shape index (κ1) is 23.5. The minimum atomic E-state index is -0.298. The third-order valence-corrected chi connectivity index (χ3v) is 6.64. The summed E-state index contributed by atoms with van der Waals surface area (Å²) in [5.74, 6) is 1.18. The highest BCUT2D eigenvalue weighted by molar-refractivity contribution is 6.42. The normalized spacial score (nSPS) is 18.2. The maximum absolute atomic E-state index is 13.4. The Labute approximate surface area is 192 Å². The van der Waals surface area contributed by atoms with Gasteiger partial charge in [0, 0.05) is 30.7 Å². The topological polar surface area (TPSA) is 68.2 Å². The average Bonchev–Trinajstić information content (AvgIpc) is 3.23. The van der Waals surface area contributed by atoms with Crippen molar-refractivity contribution in [1.82, 2.24) is 4.90 Å². The number of aliphatic hydroxyl groups is 1. The second-order valence-electron chi connectivity index (χ2n) is 7.63. The smallest absolute Gasteiger partial charge is 0.254 e. The Morgan fingerprint density at radius 3 is 2.29 bits per heavy atom. The molecule has 1 amide bonds. The van der Waals surface area contributed by atoms with Crippen molar-refractivity contribution in [3.8, 4) is 17.2 Å². The van der Waals surface area contributed by atoms with Gasteiger partial charge in [0.25, 0.3) is 5.91 Å². The van der Waals surface area contributed by atoms with Gasteiger partial charge in [-0.05, 0) is 49.1 Å². The van der Waals surface area contributed by atoms with E-state index >= 15 is 0 Å². The SMILES string of the molecule is COc1cc(C(=O)N2CCC(CCCO)(c3ccc(Cl)c(Cl)c3)C2)cc(OC)c1OC. The van der Waals surface area contributed by atoms with Gasteiger partial charge >= 0.3 is 0 Å². The van der Waals surface area contributed by atoms with Crippen molar-refractivity contribution in [3.63, 3.8) is 0 Å². The number of ether oxygens (including phenoxy) is 3. The maximum Gasteiger partial charge on any atom is 0.254 e. The standard InChI is InChI=1S/C23H27Cl2NO5/c1-29-19-11-15(12-20(30-2)21(19)31-3)22(28)26-9-8-23(14-26,7-4-10-27)16-5-6-17(24)18(25)13-16/h5-6,11-13,27H,4,7-10,14H2,1-3H3. The lowest BCUT2D eigenvalue weighted by atomic mass is 9.76. The van der Waals surface area contributed by atoms with Gasteiger partial charge in [0.15, 0.2) is 11.5 Å². The van der Waals surface area contributed by atoms with Crippen molar-refractivity contribution in [3.05, 3.63) is 51.5 Å². The van der Waals surface area contributed by atoms with Crippen LogP contribution in [0.15, 0.2) is 30.3 Å². The van der Waals surface area contributed by atoms with Gasteiger partial charge in [-0.1, -0.05) is 29.3 Å². The molecule has 0 bridgehead atoms. The van der Waals surface area contributed by atoms with Crippen molar-refractivity contribution >= 4 is 29.1 Å². The fourth-order valence-electron chi connectivity index (χ4n) is 4.26. The van der Waals surface area contributed by atoms with Crippen LogP contribution < -0.4 is 14.2 Å². The number of amides is 1. The van der Waals surface area contributed by atoms with E-state index in [1.54, 1.807) is 18.2 Å². The van der Waals surface area contributed by atoms with Crippen LogP contribution >= 0.6 is 23.2 Å². The zero-order valence-electron chi connectivity index (χ0n) is 17.9. The summed E-state index contributed by atoms with van der Waals surface area (Å²) >= 11 is 12.4. The van der Waals surface area contributed by atoms with Crippen LogP contribution in [0.25, 0.3) is 0 Å². The third-order valence-electron chi connectivity index (χ3n) is 5.90. The highest BCUT2D eigenvalue weighted by Crippen LogP contribution is 2.42. The van der Waals surface area contributed by atoms with Crippen molar-refractivity contribution in [1.29, 1.82) is 0 Å². The van der Waals surface area contributed by atoms with Crippen LogP contribution in [0.1, 0.15) is 35.2 Å². The molecule has 1 unspecified atom stereocenters. The zero-order chi connectivity index (χ0) is 22.6. The van der Waals surface area contributed by atoms with Crippen molar-refractivity contribution in [2.75, 3.05) is 41.0 Å². The lowest BCUT2D eigenvalue weighted by Crippen LogP contribution is -2.35. The monoisotopic (exact) mass is 467 g/mol. The number of aliphatic hydroxyl groups excluding tert-OH is 1. The fraction of sp³-hybridized carbons (Fsp3) is 0.435. The van der Waals surface area contributed by atoms with Crippen LogP contribution in [-0.2, 0) is 5.41 Å². The molecule has 1 atom stereocenters. The molecule has 1 aliphatic rings. The summed E-state index contributed by atoms with van der Waals surface area (Å²) in [5.41, 5.74) is 1.19. The minimum absolute atomic E-state index is 0.0872. The number of hydrogen-bond donors (Lipinski definition) is 1. The molecule has 168 valence electrons. The maximum atomic E-state index is 13.4. The van der Waals surface area contributed by atoms with Crippen molar-refractivity contribution < 1.29 is 24.1 Å². The highest BCUT2D eigenvalue weighted by atomic mass is 35.5. The molecule has 0 spiro atoms. The number of nitrogens with zero attached hydrogens (tertiary/aromatic N) is 1. The Morgan fingerprint density at radius 2 is 1.74 bits per heavy atom. The first-order chi connectivity index (χ1) is 14.9. The molecule has 0 saturated carbocycles. The molecule has 0 aliphatic carbocycles. The van der Waals surface area contributed by atoms with Gasteiger partial charge in [-0.15, -0.1) is 0 Å². The summed E-state index contributed by atoms with van der Waals surface area (Å²) in [6, 6.07) is 8.93. The van der Waals surface area contributed by atoms with Gasteiger partial charge in [-0.3, -0.25) is 4.79 Å². The van der Waals surface area contributed by atoms with Crippen LogP contribution in [-0.4, -0.2) is 56.9 Å². The van der Waals surface area contributed by atoms with E-state index in [1.807, 2.05) is 17.0 Å². The van der Waals surface area contributed by atoms with Crippen LogP contribution in [0.5, 0.6) is 17.2 Å². The summed E-state index contributed by atoms with van der Waals surface area (Å²) in [7, 11) is 4.56. The number of methoxy groups -OCH3 is 3.